The minimum atomic E-state index is -0.647. The molecule has 1 aromatic heterocycles. The molecule has 3 aromatic carbocycles. The first kappa shape index (κ1) is 24.4. The summed E-state index contributed by atoms with van der Waals surface area (Å²) in [5.74, 6) is -0.0887. The van der Waals surface area contributed by atoms with Gasteiger partial charge in [-0.15, -0.1) is 0 Å². The summed E-state index contributed by atoms with van der Waals surface area (Å²) >= 11 is 12.3. The molecule has 1 unspecified atom stereocenters. The third kappa shape index (κ3) is 4.62. The molecule has 0 saturated heterocycles. The number of rotatable bonds is 6. The molecule has 0 saturated carbocycles. The topological polar surface area (TPSA) is 98.3 Å². The van der Waals surface area contributed by atoms with Crippen molar-refractivity contribution in [2.75, 3.05) is 6.54 Å². The number of non-ortho nitro benzene ring substituents is 1. The van der Waals surface area contributed by atoms with Gasteiger partial charge in [-0.1, -0.05) is 35.3 Å². The number of halogens is 2. The second kappa shape index (κ2) is 9.85. The van der Waals surface area contributed by atoms with Crippen LogP contribution in [0.2, 0.25) is 10.0 Å². The van der Waals surface area contributed by atoms with Crippen LogP contribution in [0, 0.1) is 10.1 Å². The van der Waals surface area contributed by atoms with E-state index in [0.29, 0.717) is 27.4 Å². The smallest absolute Gasteiger partial charge is 0.270 e. The highest BCUT2D eigenvalue weighted by Crippen LogP contribution is 2.28. The lowest BCUT2D eigenvalue weighted by Gasteiger charge is -2.30. The van der Waals surface area contributed by atoms with E-state index in [-0.39, 0.29) is 28.4 Å². The van der Waals surface area contributed by atoms with Gasteiger partial charge in [-0.3, -0.25) is 24.3 Å². The Hall–Kier alpha value is -3.75. The average molecular weight is 511 g/mol. The van der Waals surface area contributed by atoms with Crippen LogP contribution in [0.4, 0.5) is 5.69 Å². The van der Waals surface area contributed by atoms with Crippen LogP contribution in [-0.4, -0.2) is 31.8 Å². The summed E-state index contributed by atoms with van der Waals surface area (Å²) in [4.78, 5) is 43.8. The van der Waals surface area contributed by atoms with E-state index < -0.39 is 16.9 Å². The number of para-hydroxylation sites is 1. The van der Waals surface area contributed by atoms with Gasteiger partial charge < -0.3 is 4.90 Å². The van der Waals surface area contributed by atoms with Gasteiger partial charge in [-0.05, 0) is 56.3 Å². The van der Waals surface area contributed by atoms with Crippen LogP contribution >= 0.6 is 23.2 Å². The average Bonchev–Trinajstić information content (AvgIpc) is 2.85. The quantitative estimate of drug-likeness (QED) is 0.240. The van der Waals surface area contributed by atoms with Gasteiger partial charge in [0.1, 0.15) is 5.82 Å². The molecule has 0 aliphatic carbocycles. The fourth-order valence-corrected chi connectivity index (χ4v) is 4.33. The van der Waals surface area contributed by atoms with Gasteiger partial charge in [0, 0.05) is 23.7 Å². The van der Waals surface area contributed by atoms with E-state index in [1.165, 1.54) is 21.6 Å². The largest absolute Gasteiger partial charge is 0.329 e. The predicted octanol–water partition coefficient (Wildman–Crippen LogP) is 5.82. The molecule has 4 aromatic rings. The summed E-state index contributed by atoms with van der Waals surface area (Å²) in [6.45, 7) is 3.83. The lowest BCUT2D eigenvalue weighted by Crippen LogP contribution is -2.37. The molecule has 1 heterocycles. The Labute approximate surface area is 210 Å². The van der Waals surface area contributed by atoms with Crippen molar-refractivity contribution in [3.05, 3.63) is 109 Å². The lowest BCUT2D eigenvalue weighted by molar-refractivity contribution is -0.384. The maximum Gasteiger partial charge on any atom is 0.270 e. The molecule has 1 atom stereocenters. The molecule has 0 fully saturated rings. The standard InChI is InChI=1S/C25H20Cl2N4O4/c1-3-29(24(32)19-13-12-18(31(34)35)14-21(19)27)15(2)23-28-22-7-5-4-6-20(22)25(33)30(23)17-10-8-16(26)9-11-17/h4-15H,3H2,1-2H3. The van der Waals surface area contributed by atoms with E-state index in [1.807, 2.05) is 0 Å². The molecule has 0 N–H and O–H groups in total. The molecule has 0 bridgehead atoms. The molecular weight excluding hydrogens is 491 g/mol. The second-order valence-electron chi connectivity index (χ2n) is 7.79. The van der Waals surface area contributed by atoms with Crippen molar-refractivity contribution in [2.45, 2.75) is 19.9 Å². The number of carbonyl (C=O) groups is 1. The number of aromatic nitrogens is 2. The maximum absolute atomic E-state index is 13.5. The van der Waals surface area contributed by atoms with Gasteiger partial charge in [0.25, 0.3) is 17.2 Å². The molecule has 0 radical (unpaired) electrons. The summed E-state index contributed by atoms with van der Waals surface area (Å²) in [5, 5.41) is 12.0. The van der Waals surface area contributed by atoms with Gasteiger partial charge in [0.05, 0.1) is 38.1 Å². The van der Waals surface area contributed by atoms with Crippen LogP contribution in [0.25, 0.3) is 16.6 Å². The van der Waals surface area contributed by atoms with E-state index >= 15 is 0 Å². The van der Waals surface area contributed by atoms with E-state index in [4.69, 9.17) is 28.2 Å². The molecule has 10 heteroatoms. The van der Waals surface area contributed by atoms with Crippen LogP contribution in [0.5, 0.6) is 0 Å². The van der Waals surface area contributed by atoms with Gasteiger partial charge >= 0.3 is 0 Å². The minimum Gasteiger partial charge on any atom is -0.329 e. The van der Waals surface area contributed by atoms with Crippen molar-refractivity contribution < 1.29 is 9.72 Å². The zero-order valence-electron chi connectivity index (χ0n) is 18.8. The first-order valence-corrected chi connectivity index (χ1v) is 11.5. The monoisotopic (exact) mass is 510 g/mol. The summed E-state index contributed by atoms with van der Waals surface area (Å²) in [6, 6.07) is 16.8. The molecule has 4 rings (SSSR count). The number of fused-ring (bicyclic) bond motifs is 1. The highest BCUT2D eigenvalue weighted by atomic mass is 35.5. The van der Waals surface area contributed by atoms with Crippen molar-refractivity contribution in [3.63, 3.8) is 0 Å². The minimum absolute atomic E-state index is 0.0311. The normalized spacial score (nSPS) is 11.9. The van der Waals surface area contributed by atoms with Gasteiger partial charge in [0.15, 0.2) is 0 Å². The van der Waals surface area contributed by atoms with E-state index in [2.05, 4.69) is 0 Å². The number of nitro benzene ring substituents is 1. The number of nitrogens with zero attached hydrogens (tertiary/aromatic N) is 4. The Kier molecular flexibility index (Phi) is 6.86. The molecule has 35 heavy (non-hydrogen) atoms. The molecular formula is C25H20Cl2N4O4. The van der Waals surface area contributed by atoms with Crippen LogP contribution in [0.1, 0.15) is 36.1 Å². The van der Waals surface area contributed by atoms with Crippen molar-refractivity contribution in [3.8, 4) is 5.69 Å². The summed E-state index contributed by atoms with van der Waals surface area (Å²) in [7, 11) is 0. The maximum atomic E-state index is 13.5. The van der Waals surface area contributed by atoms with E-state index in [9.17, 15) is 19.7 Å². The highest BCUT2D eigenvalue weighted by molar-refractivity contribution is 6.34. The number of amides is 1. The fraction of sp³-hybridized carbons (Fsp3) is 0.160. The van der Waals surface area contributed by atoms with E-state index in [1.54, 1.807) is 62.4 Å². The first-order valence-electron chi connectivity index (χ1n) is 10.8. The highest BCUT2D eigenvalue weighted by Gasteiger charge is 2.28. The Bertz CT molecular complexity index is 1500. The van der Waals surface area contributed by atoms with Gasteiger partial charge in [0.2, 0.25) is 0 Å². The summed E-state index contributed by atoms with van der Waals surface area (Å²) in [6.07, 6.45) is 0. The third-order valence-electron chi connectivity index (χ3n) is 5.72. The van der Waals surface area contributed by atoms with Gasteiger partial charge in [-0.25, -0.2) is 4.98 Å². The first-order chi connectivity index (χ1) is 16.7. The van der Waals surface area contributed by atoms with Crippen LogP contribution in [0.3, 0.4) is 0 Å². The third-order valence-corrected chi connectivity index (χ3v) is 6.29. The van der Waals surface area contributed by atoms with Crippen molar-refractivity contribution in [1.82, 2.24) is 14.5 Å². The van der Waals surface area contributed by atoms with Crippen LogP contribution < -0.4 is 5.56 Å². The number of carbonyl (C=O) groups excluding carboxylic acids is 1. The molecule has 178 valence electrons. The number of nitro groups is 1. The zero-order valence-corrected chi connectivity index (χ0v) is 20.3. The van der Waals surface area contributed by atoms with Gasteiger partial charge in [-0.2, -0.15) is 0 Å². The molecule has 0 spiro atoms. The Morgan fingerprint density at radius 2 is 1.80 bits per heavy atom. The Balaban J connectivity index is 1.86. The SMILES string of the molecule is CCN(C(=O)c1ccc([N+](=O)[O-])cc1Cl)C(C)c1nc2ccccc2c(=O)n1-c1ccc(Cl)cc1. The Morgan fingerprint density at radius 1 is 1.11 bits per heavy atom. The number of hydrogen-bond acceptors (Lipinski definition) is 5. The molecule has 0 aliphatic heterocycles. The lowest BCUT2D eigenvalue weighted by atomic mass is 10.1. The fourth-order valence-electron chi connectivity index (χ4n) is 3.95. The number of hydrogen-bond donors (Lipinski definition) is 0. The summed E-state index contributed by atoms with van der Waals surface area (Å²) in [5.41, 5.74) is 0.678. The van der Waals surface area contributed by atoms with Crippen LogP contribution in [-0.2, 0) is 0 Å². The molecule has 8 nitrogen and oxygen atoms in total. The van der Waals surface area contributed by atoms with E-state index in [0.717, 1.165) is 6.07 Å². The number of benzene rings is 3. The van der Waals surface area contributed by atoms with Crippen LogP contribution in [0.15, 0.2) is 71.5 Å². The molecule has 1 amide bonds. The van der Waals surface area contributed by atoms with Crippen molar-refractivity contribution in [2.24, 2.45) is 0 Å². The predicted molar refractivity (Wildman–Crippen MR) is 136 cm³/mol. The Morgan fingerprint density at radius 3 is 2.43 bits per heavy atom. The van der Waals surface area contributed by atoms with Crippen molar-refractivity contribution in [1.29, 1.82) is 0 Å². The molecule has 0 aliphatic rings. The zero-order chi connectivity index (χ0) is 25.3. The summed E-state index contributed by atoms with van der Waals surface area (Å²) < 4.78 is 1.47. The van der Waals surface area contributed by atoms with Crippen molar-refractivity contribution >= 4 is 45.7 Å². The second-order valence-corrected chi connectivity index (χ2v) is 8.64.